The van der Waals surface area contributed by atoms with Crippen molar-refractivity contribution in [1.82, 2.24) is 5.32 Å². The van der Waals surface area contributed by atoms with Gasteiger partial charge >= 0.3 is 0 Å². The summed E-state index contributed by atoms with van der Waals surface area (Å²) in [6.45, 7) is 1.68. The Morgan fingerprint density at radius 2 is 2.07 bits per heavy atom. The Labute approximate surface area is 88.9 Å². The fraction of sp³-hybridized carbons (Fsp3) is 0.364. The molecule has 0 aromatic heterocycles. The van der Waals surface area contributed by atoms with E-state index < -0.39 is 6.10 Å². The number of hydrogen-bond acceptors (Lipinski definition) is 3. The molecule has 0 aliphatic rings. The fourth-order valence-electron chi connectivity index (χ4n) is 1.13. The molecule has 1 aromatic carbocycles. The van der Waals surface area contributed by atoms with Crippen LogP contribution >= 0.6 is 0 Å². The van der Waals surface area contributed by atoms with Gasteiger partial charge in [0.1, 0.15) is 5.75 Å². The van der Waals surface area contributed by atoms with E-state index in [0.29, 0.717) is 5.75 Å². The van der Waals surface area contributed by atoms with Gasteiger partial charge in [-0.2, -0.15) is 0 Å². The molecule has 0 radical (unpaired) electrons. The zero-order valence-electron chi connectivity index (χ0n) is 8.86. The third-order valence-electron chi connectivity index (χ3n) is 2.03. The van der Waals surface area contributed by atoms with E-state index in [1.807, 2.05) is 0 Å². The minimum Gasteiger partial charge on any atom is -0.481 e. The van der Waals surface area contributed by atoms with Gasteiger partial charge in [0, 0.05) is 7.05 Å². The second-order valence-electron chi connectivity index (χ2n) is 3.18. The molecule has 1 aromatic rings. The molecule has 0 spiro atoms. The number of aliphatic hydroxyl groups excluding tert-OH is 1. The van der Waals surface area contributed by atoms with Crippen LogP contribution in [0.5, 0.6) is 5.75 Å². The summed E-state index contributed by atoms with van der Waals surface area (Å²) in [5, 5.41) is 11.3. The third kappa shape index (κ3) is 3.25. The lowest BCUT2D eigenvalue weighted by atomic mass is 10.2. The van der Waals surface area contributed by atoms with Crippen molar-refractivity contribution in [3.05, 3.63) is 29.8 Å². The van der Waals surface area contributed by atoms with Crippen molar-refractivity contribution in [3.8, 4) is 5.75 Å². The first-order chi connectivity index (χ1) is 7.17. The Hall–Kier alpha value is -1.55. The Morgan fingerprint density at radius 1 is 1.47 bits per heavy atom. The minimum atomic E-state index is -0.519. The Kier molecular flexibility index (Phi) is 4.12. The monoisotopic (exact) mass is 209 g/mol. The van der Waals surface area contributed by atoms with Crippen LogP contribution < -0.4 is 10.1 Å². The van der Waals surface area contributed by atoms with E-state index in [4.69, 9.17) is 9.84 Å². The van der Waals surface area contributed by atoms with E-state index in [2.05, 4.69) is 5.32 Å². The van der Waals surface area contributed by atoms with Gasteiger partial charge < -0.3 is 15.2 Å². The number of amides is 1. The average molecular weight is 209 g/mol. The van der Waals surface area contributed by atoms with Crippen molar-refractivity contribution in [3.63, 3.8) is 0 Å². The number of aliphatic hydroxyl groups is 1. The smallest absolute Gasteiger partial charge is 0.260 e. The molecule has 0 saturated heterocycles. The number of nitrogens with one attached hydrogen (secondary N) is 1. The van der Waals surface area contributed by atoms with E-state index in [-0.39, 0.29) is 12.5 Å². The topological polar surface area (TPSA) is 58.6 Å². The van der Waals surface area contributed by atoms with Crippen molar-refractivity contribution >= 4 is 5.91 Å². The molecule has 0 aliphatic carbocycles. The molecule has 4 nitrogen and oxygen atoms in total. The second-order valence-corrected chi connectivity index (χ2v) is 3.18. The van der Waals surface area contributed by atoms with Crippen LogP contribution in [0.3, 0.4) is 0 Å². The van der Waals surface area contributed by atoms with Gasteiger partial charge in [0.15, 0.2) is 6.10 Å². The van der Waals surface area contributed by atoms with Gasteiger partial charge in [0.2, 0.25) is 0 Å². The SMILES string of the molecule is CNC(=O)C(C)Oc1ccc(CO)cc1. The first kappa shape index (κ1) is 11.5. The molecule has 0 saturated carbocycles. The van der Waals surface area contributed by atoms with Gasteiger partial charge in [0.25, 0.3) is 5.91 Å². The number of likely N-dealkylation sites (N-methyl/N-ethyl adjacent to an activating group) is 1. The highest BCUT2D eigenvalue weighted by molar-refractivity contribution is 5.80. The summed E-state index contributed by atoms with van der Waals surface area (Å²) < 4.78 is 5.37. The fourth-order valence-corrected chi connectivity index (χ4v) is 1.13. The van der Waals surface area contributed by atoms with Crippen LogP contribution in [-0.4, -0.2) is 24.2 Å². The molecule has 0 bridgehead atoms. The molecule has 1 rings (SSSR count). The van der Waals surface area contributed by atoms with Crippen molar-refractivity contribution in [1.29, 1.82) is 0 Å². The van der Waals surface area contributed by atoms with Gasteiger partial charge in [0.05, 0.1) is 6.61 Å². The highest BCUT2D eigenvalue weighted by Crippen LogP contribution is 2.13. The number of hydrogen-bond donors (Lipinski definition) is 2. The summed E-state index contributed by atoms with van der Waals surface area (Å²) in [5.41, 5.74) is 0.815. The van der Waals surface area contributed by atoms with Gasteiger partial charge in [-0.3, -0.25) is 4.79 Å². The van der Waals surface area contributed by atoms with E-state index in [1.165, 1.54) is 0 Å². The summed E-state index contributed by atoms with van der Waals surface area (Å²) in [5.74, 6) is 0.449. The number of carbonyl (C=O) groups is 1. The van der Waals surface area contributed by atoms with Crippen molar-refractivity contribution in [2.75, 3.05) is 7.05 Å². The van der Waals surface area contributed by atoms with Crippen molar-refractivity contribution < 1.29 is 14.6 Å². The van der Waals surface area contributed by atoms with Crippen LogP contribution in [0.1, 0.15) is 12.5 Å². The maximum absolute atomic E-state index is 11.2. The van der Waals surface area contributed by atoms with E-state index in [0.717, 1.165) is 5.56 Å². The second kappa shape index (κ2) is 5.36. The first-order valence-corrected chi connectivity index (χ1v) is 4.75. The normalized spacial score (nSPS) is 11.9. The molecule has 82 valence electrons. The molecule has 1 amide bonds. The van der Waals surface area contributed by atoms with E-state index in [9.17, 15) is 4.79 Å². The quantitative estimate of drug-likeness (QED) is 0.767. The summed E-state index contributed by atoms with van der Waals surface area (Å²) in [6.07, 6.45) is -0.519. The number of rotatable bonds is 4. The molecule has 0 aliphatic heterocycles. The van der Waals surface area contributed by atoms with Gasteiger partial charge in [-0.25, -0.2) is 0 Å². The lowest BCUT2D eigenvalue weighted by Gasteiger charge is -2.13. The number of carbonyl (C=O) groups excluding carboxylic acids is 1. The van der Waals surface area contributed by atoms with E-state index in [1.54, 1.807) is 38.2 Å². The molecule has 0 heterocycles. The zero-order chi connectivity index (χ0) is 11.3. The summed E-state index contributed by atoms with van der Waals surface area (Å²) in [4.78, 5) is 11.2. The molecular weight excluding hydrogens is 194 g/mol. The maximum atomic E-state index is 11.2. The molecular formula is C11H15NO3. The van der Waals surface area contributed by atoms with E-state index >= 15 is 0 Å². The molecule has 1 atom stereocenters. The van der Waals surface area contributed by atoms with Gasteiger partial charge in [-0.15, -0.1) is 0 Å². The Balaban J connectivity index is 2.60. The van der Waals surface area contributed by atoms with Gasteiger partial charge in [-0.1, -0.05) is 12.1 Å². The number of ether oxygens (including phenoxy) is 1. The van der Waals surface area contributed by atoms with Crippen LogP contribution in [0.2, 0.25) is 0 Å². The van der Waals surface area contributed by atoms with Crippen LogP contribution in [0.25, 0.3) is 0 Å². The largest absolute Gasteiger partial charge is 0.481 e. The van der Waals surface area contributed by atoms with Crippen LogP contribution in [0, 0.1) is 0 Å². The molecule has 15 heavy (non-hydrogen) atoms. The predicted octanol–water partition coefficient (Wildman–Crippen LogP) is 0.692. The lowest BCUT2D eigenvalue weighted by Crippen LogP contribution is -2.33. The highest BCUT2D eigenvalue weighted by Gasteiger charge is 2.11. The highest BCUT2D eigenvalue weighted by atomic mass is 16.5. The lowest BCUT2D eigenvalue weighted by molar-refractivity contribution is -0.126. The summed E-state index contributed by atoms with van der Waals surface area (Å²) in [6, 6.07) is 6.97. The number of benzene rings is 1. The van der Waals surface area contributed by atoms with Gasteiger partial charge in [-0.05, 0) is 24.6 Å². The first-order valence-electron chi connectivity index (χ1n) is 4.75. The minimum absolute atomic E-state index is 0.00524. The predicted molar refractivity (Wildman–Crippen MR) is 56.5 cm³/mol. The van der Waals surface area contributed by atoms with Crippen molar-refractivity contribution in [2.45, 2.75) is 19.6 Å². The molecule has 2 N–H and O–H groups in total. The Bertz CT molecular complexity index is 321. The zero-order valence-corrected chi connectivity index (χ0v) is 8.86. The van der Waals surface area contributed by atoms with Crippen LogP contribution in [0.4, 0.5) is 0 Å². The Morgan fingerprint density at radius 3 is 2.53 bits per heavy atom. The van der Waals surface area contributed by atoms with Crippen molar-refractivity contribution in [2.24, 2.45) is 0 Å². The summed E-state index contributed by atoms with van der Waals surface area (Å²) >= 11 is 0. The molecule has 0 fully saturated rings. The average Bonchev–Trinajstić information content (AvgIpc) is 2.29. The molecule has 1 unspecified atom stereocenters. The standard InChI is InChI=1S/C11H15NO3/c1-8(11(14)12-2)15-10-5-3-9(7-13)4-6-10/h3-6,8,13H,7H2,1-2H3,(H,12,14). The maximum Gasteiger partial charge on any atom is 0.260 e. The van der Waals surface area contributed by atoms with Crippen LogP contribution in [-0.2, 0) is 11.4 Å². The van der Waals surface area contributed by atoms with Crippen LogP contribution in [0.15, 0.2) is 24.3 Å². The third-order valence-corrected chi connectivity index (χ3v) is 2.03. The molecule has 4 heteroatoms. The summed E-state index contributed by atoms with van der Waals surface area (Å²) in [7, 11) is 1.57.